The van der Waals surface area contributed by atoms with E-state index in [0.29, 0.717) is 44.1 Å². The Morgan fingerprint density at radius 1 is 1.13 bits per heavy atom. The number of hydrogen-bond acceptors (Lipinski definition) is 8. The molecule has 4 aromatic rings. The molecule has 0 saturated heterocycles. The Labute approximate surface area is 273 Å². The van der Waals surface area contributed by atoms with E-state index < -0.39 is 22.9 Å². The normalized spacial score (nSPS) is 19.6. The van der Waals surface area contributed by atoms with E-state index in [0.717, 1.165) is 38.5 Å². The van der Waals surface area contributed by atoms with E-state index >= 15 is 0 Å². The maximum atomic E-state index is 13.9. The second-order valence-corrected chi connectivity index (χ2v) is 13.5. The summed E-state index contributed by atoms with van der Waals surface area (Å²) < 4.78 is 21.3. The number of rotatable bonds is 8. The molecule has 0 bridgehead atoms. The summed E-state index contributed by atoms with van der Waals surface area (Å²) in [4.78, 5) is 17.2. The van der Waals surface area contributed by atoms with Crippen LogP contribution in [0, 0.1) is 17.1 Å². The van der Waals surface area contributed by atoms with Crippen molar-refractivity contribution in [2.45, 2.75) is 88.5 Å². The van der Waals surface area contributed by atoms with Crippen molar-refractivity contribution in [3.05, 3.63) is 76.5 Å². The third kappa shape index (κ3) is 6.75. The van der Waals surface area contributed by atoms with E-state index in [1.54, 1.807) is 29.1 Å². The van der Waals surface area contributed by atoms with Gasteiger partial charge in [0, 0.05) is 23.3 Å². The van der Waals surface area contributed by atoms with Crippen LogP contribution >= 0.6 is 11.6 Å². The van der Waals surface area contributed by atoms with Crippen LogP contribution in [0.25, 0.3) is 10.9 Å². The summed E-state index contributed by atoms with van der Waals surface area (Å²) in [5.74, 6) is -0.394. The number of nitriles is 1. The van der Waals surface area contributed by atoms with Gasteiger partial charge in [0.05, 0.1) is 45.5 Å². The molecule has 2 aliphatic carbocycles. The number of carbonyl (C=O) groups is 1. The first-order chi connectivity index (χ1) is 21.9. The summed E-state index contributed by atoms with van der Waals surface area (Å²) in [5.41, 5.74) is 0.864. The Kier molecular flexibility index (Phi) is 8.55. The number of alkyl carbamates (subject to hydrolysis) is 1. The molecule has 2 saturated carbocycles. The molecular weight excluding hydrogens is 606 g/mol. The molecule has 2 heterocycles. The number of hydrogen-bond donors (Lipinski definition) is 3. The van der Waals surface area contributed by atoms with E-state index in [9.17, 15) is 14.4 Å². The van der Waals surface area contributed by atoms with Crippen molar-refractivity contribution in [3.63, 3.8) is 0 Å². The zero-order valence-electron chi connectivity index (χ0n) is 26.0. The number of nitrogens with zero attached hydrogens (tertiary/aromatic N) is 5. The first kappa shape index (κ1) is 31.6. The van der Waals surface area contributed by atoms with Gasteiger partial charge in [-0.25, -0.2) is 13.9 Å². The van der Waals surface area contributed by atoms with Crippen LogP contribution in [-0.4, -0.2) is 51.6 Å². The van der Waals surface area contributed by atoms with Gasteiger partial charge in [0.1, 0.15) is 31.0 Å². The van der Waals surface area contributed by atoms with Crippen LogP contribution in [-0.2, 0) is 10.2 Å². The lowest BCUT2D eigenvalue weighted by atomic mass is 9.69. The molecule has 2 aliphatic rings. The number of nitrogens with one attached hydrogen (secondary N) is 3. The van der Waals surface area contributed by atoms with Crippen LogP contribution in [0.5, 0.6) is 0 Å². The predicted molar refractivity (Wildman–Crippen MR) is 175 cm³/mol. The number of aromatic nitrogens is 4. The Morgan fingerprint density at radius 3 is 2.52 bits per heavy atom. The van der Waals surface area contributed by atoms with Gasteiger partial charge in [-0.3, -0.25) is 4.98 Å². The van der Waals surface area contributed by atoms with Crippen LogP contribution in [0.2, 0.25) is 5.02 Å². The molecule has 6 rings (SSSR count). The Morgan fingerprint density at radius 2 is 1.85 bits per heavy atom. The molecule has 1 unspecified atom stereocenters. The predicted octanol–water partition coefficient (Wildman–Crippen LogP) is 6.55. The van der Waals surface area contributed by atoms with Crippen molar-refractivity contribution in [2.24, 2.45) is 0 Å². The lowest BCUT2D eigenvalue weighted by Gasteiger charge is -2.34. The highest BCUT2D eigenvalue weighted by atomic mass is 35.5. The summed E-state index contributed by atoms with van der Waals surface area (Å²) in [6.07, 6.45) is 8.28. The molecule has 46 heavy (non-hydrogen) atoms. The molecule has 2 fully saturated rings. The summed E-state index contributed by atoms with van der Waals surface area (Å²) in [5, 5.41) is 29.7. The van der Waals surface area contributed by atoms with Gasteiger partial charge in [-0.05, 0) is 76.3 Å². The van der Waals surface area contributed by atoms with Crippen molar-refractivity contribution < 1.29 is 13.9 Å². The number of carbonyl (C=O) groups excluding carboxylic acids is 1. The summed E-state index contributed by atoms with van der Waals surface area (Å²) in [7, 11) is 7.07. The SMILES string of the molecule is [B]C(Nc1cc(Cl)c2ncc(C#N)c(N[C@@H]3CCCC[C@@H]3NC(=O)OC(C)(C)C)c2c1)(c1ccc(F)cc1)c1cn(C2CC2)nn1. The second-order valence-electron chi connectivity index (χ2n) is 13.1. The fourth-order valence-corrected chi connectivity index (χ4v) is 6.16. The van der Waals surface area contributed by atoms with E-state index in [1.165, 1.54) is 18.3 Å². The number of benzene rings is 2. The van der Waals surface area contributed by atoms with Gasteiger partial charge in [-0.1, -0.05) is 41.8 Å². The molecule has 3 atom stereocenters. The minimum Gasteiger partial charge on any atom is -0.444 e. The third-order valence-corrected chi connectivity index (χ3v) is 8.61. The molecule has 2 aromatic heterocycles. The van der Waals surface area contributed by atoms with Crippen molar-refractivity contribution in [2.75, 3.05) is 10.6 Å². The molecule has 1 amide bonds. The zero-order valence-corrected chi connectivity index (χ0v) is 26.7. The van der Waals surface area contributed by atoms with Gasteiger partial charge in [-0.15, -0.1) is 5.10 Å². The fourth-order valence-electron chi connectivity index (χ4n) is 5.89. The number of anilines is 2. The molecule has 13 heteroatoms. The molecule has 10 nitrogen and oxygen atoms in total. The van der Waals surface area contributed by atoms with Crippen molar-refractivity contribution in [3.8, 4) is 6.07 Å². The summed E-state index contributed by atoms with van der Waals surface area (Å²) in [6.45, 7) is 5.46. The van der Waals surface area contributed by atoms with E-state index in [4.69, 9.17) is 24.2 Å². The average Bonchev–Trinajstić information content (AvgIpc) is 3.73. The molecular formula is C33H35BClFN8O2. The van der Waals surface area contributed by atoms with Crippen LogP contribution in [0.4, 0.5) is 20.6 Å². The van der Waals surface area contributed by atoms with Gasteiger partial charge in [0.2, 0.25) is 0 Å². The Bertz CT molecular complexity index is 1800. The van der Waals surface area contributed by atoms with Gasteiger partial charge in [0.15, 0.2) is 0 Å². The first-order valence-electron chi connectivity index (χ1n) is 15.5. The number of amides is 1. The van der Waals surface area contributed by atoms with Crippen LogP contribution < -0.4 is 16.0 Å². The minimum absolute atomic E-state index is 0.181. The maximum absolute atomic E-state index is 13.9. The largest absolute Gasteiger partial charge is 0.444 e. The van der Waals surface area contributed by atoms with Crippen LogP contribution in [0.1, 0.15) is 82.2 Å². The average molecular weight is 641 g/mol. The second kappa shape index (κ2) is 12.4. The highest BCUT2D eigenvalue weighted by Crippen LogP contribution is 2.39. The highest BCUT2D eigenvalue weighted by molar-refractivity contribution is 6.36. The maximum Gasteiger partial charge on any atom is 0.407 e. The quantitative estimate of drug-likeness (QED) is 0.185. The summed E-state index contributed by atoms with van der Waals surface area (Å²) in [6, 6.07) is 11.5. The number of fused-ring (bicyclic) bond motifs is 1. The monoisotopic (exact) mass is 640 g/mol. The molecule has 2 aromatic carbocycles. The molecule has 0 spiro atoms. The van der Waals surface area contributed by atoms with Gasteiger partial charge in [0.25, 0.3) is 0 Å². The lowest BCUT2D eigenvalue weighted by Crippen LogP contribution is -2.49. The molecule has 0 aliphatic heterocycles. The highest BCUT2D eigenvalue weighted by Gasteiger charge is 2.35. The number of halogens is 2. The summed E-state index contributed by atoms with van der Waals surface area (Å²) >= 11 is 6.82. The van der Waals surface area contributed by atoms with Crippen molar-refractivity contribution >= 4 is 47.8 Å². The lowest BCUT2D eigenvalue weighted by molar-refractivity contribution is 0.0488. The van der Waals surface area contributed by atoms with E-state index in [2.05, 4.69) is 37.3 Å². The Balaban J connectivity index is 1.38. The molecule has 2 radical (unpaired) electrons. The Hall–Kier alpha value is -4.37. The zero-order chi connectivity index (χ0) is 32.6. The topological polar surface area (TPSA) is 130 Å². The standard InChI is InChI=1S/C33H35BClFN8O2/c1-32(2,3)46-31(45)40-27-7-5-4-6-26(27)39-29-19(16-37)17-38-30-24(29)14-22(15-25(30)35)41-33(34,20-8-10-21(36)11-9-20)28-18-44(43-42-28)23-12-13-23/h8-11,14-15,17-18,23,26-27,41H,4-7,12-13H2,1-3H3,(H,38,39)(H,40,45)/t26-,27+,33?/m1/s1. The van der Waals surface area contributed by atoms with E-state index in [1.807, 2.05) is 26.8 Å². The number of ether oxygens (including phenoxy) is 1. The molecule has 236 valence electrons. The van der Waals surface area contributed by atoms with E-state index in [-0.39, 0.29) is 18.1 Å². The van der Waals surface area contributed by atoms with Crippen molar-refractivity contribution in [1.29, 1.82) is 5.26 Å². The van der Waals surface area contributed by atoms with Gasteiger partial charge in [-0.2, -0.15) is 5.26 Å². The smallest absolute Gasteiger partial charge is 0.407 e. The number of pyridine rings is 1. The van der Waals surface area contributed by atoms with Crippen LogP contribution in [0.3, 0.4) is 0 Å². The third-order valence-electron chi connectivity index (χ3n) is 8.32. The molecule has 3 N–H and O–H groups in total. The first-order valence-corrected chi connectivity index (χ1v) is 15.8. The fraction of sp³-hybridized carbons (Fsp3) is 0.424. The van der Waals surface area contributed by atoms with Gasteiger partial charge < -0.3 is 20.7 Å². The van der Waals surface area contributed by atoms with Gasteiger partial charge >= 0.3 is 6.09 Å². The minimum atomic E-state index is -1.41. The van der Waals surface area contributed by atoms with Crippen molar-refractivity contribution in [1.82, 2.24) is 25.3 Å². The van der Waals surface area contributed by atoms with Crippen LogP contribution in [0.15, 0.2) is 48.8 Å².